The number of nitrogens with zero attached hydrogens (tertiary/aromatic N) is 3. The van der Waals surface area contributed by atoms with Gasteiger partial charge in [0.05, 0.1) is 11.4 Å². The molecule has 2 aromatic heterocycles. The van der Waals surface area contributed by atoms with Crippen LogP contribution in [-0.2, 0) is 0 Å². The molecule has 0 unspecified atom stereocenters. The van der Waals surface area contributed by atoms with Gasteiger partial charge in [0.1, 0.15) is 5.15 Å². The fraction of sp³-hybridized carbons (Fsp3) is 0.286. The van der Waals surface area contributed by atoms with Crippen molar-refractivity contribution in [1.29, 1.82) is 0 Å². The number of aromatic nitrogens is 2. The average Bonchev–Trinajstić information content (AvgIpc) is 2.35. The maximum absolute atomic E-state index is 6.04. The summed E-state index contributed by atoms with van der Waals surface area (Å²) in [5.74, 6) is 5.92. The van der Waals surface area contributed by atoms with E-state index in [4.69, 9.17) is 23.2 Å². The second-order valence-electron chi connectivity index (χ2n) is 5.02. The fourth-order valence-electron chi connectivity index (χ4n) is 2.10. The van der Waals surface area contributed by atoms with Crippen LogP contribution in [0.3, 0.4) is 0 Å². The van der Waals surface area contributed by atoms with Crippen molar-refractivity contribution in [2.75, 3.05) is 7.05 Å². The standard InChI is InChI=1S/C14H18ClN5/c1-8(2)10-5-19-14(12(16)7-20(3)17)11-6-18-13(15)4-9(10)11/h4-8H,16-17H2,1-3H3/b12-7-. The van der Waals surface area contributed by atoms with Gasteiger partial charge >= 0.3 is 0 Å². The Kier molecular flexibility index (Phi) is 4.11. The molecule has 0 saturated heterocycles. The molecule has 0 fully saturated rings. The van der Waals surface area contributed by atoms with Crippen LogP contribution in [0, 0.1) is 0 Å². The van der Waals surface area contributed by atoms with Gasteiger partial charge in [-0.2, -0.15) is 0 Å². The number of nitrogens with two attached hydrogens (primary N) is 2. The molecule has 0 saturated carbocycles. The largest absolute Gasteiger partial charge is 0.396 e. The monoisotopic (exact) mass is 291 g/mol. The first kappa shape index (κ1) is 14.6. The molecule has 106 valence electrons. The SMILES string of the molecule is CC(C)c1cnc(/C(N)=C/N(C)N)c2cnc(Cl)cc12. The number of hydrazine groups is 1. The lowest BCUT2D eigenvalue weighted by Gasteiger charge is -2.14. The zero-order chi connectivity index (χ0) is 14.9. The Morgan fingerprint density at radius 1 is 1.30 bits per heavy atom. The van der Waals surface area contributed by atoms with Gasteiger partial charge in [-0.3, -0.25) is 4.98 Å². The number of fused-ring (bicyclic) bond motifs is 1. The van der Waals surface area contributed by atoms with Crippen LogP contribution in [0.1, 0.15) is 31.0 Å². The van der Waals surface area contributed by atoms with Gasteiger partial charge in [0.25, 0.3) is 0 Å². The molecule has 0 aliphatic carbocycles. The van der Waals surface area contributed by atoms with Crippen molar-refractivity contribution in [3.63, 3.8) is 0 Å². The number of halogens is 1. The Hall–Kier alpha value is -1.85. The quantitative estimate of drug-likeness (QED) is 0.516. The van der Waals surface area contributed by atoms with Crippen LogP contribution in [0.15, 0.2) is 24.7 Å². The van der Waals surface area contributed by atoms with E-state index < -0.39 is 0 Å². The van der Waals surface area contributed by atoms with E-state index in [1.54, 1.807) is 19.4 Å². The smallest absolute Gasteiger partial charge is 0.129 e. The van der Waals surface area contributed by atoms with Crippen LogP contribution >= 0.6 is 11.6 Å². The molecule has 0 aliphatic rings. The number of hydrogen-bond acceptors (Lipinski definition) is 5. The van der Waals surface area contributed by atoms with Gasteiger partial charge in [-0.1, -0.05) is 25.4 Å². The summed E-state index contributed by atoms with van der Waals surface area (Å²) in [5, 5.41) is 3.73. The first-order valence-electron chi connectivity index (χ1n) is 6.29. The molecule has 6 heteroatoms. The molecule has 0 radical (unpaired) electrons. The van der Waals surface area contributed by atoms with Crippen LogP contribution in [0.5, 0.6) is 0 Å². The second kappa shape index (κ2) is 5.64. The topological polar surface area (TPSA) is 81.1 Å². The summed E-state index contributed by atoms with van der Waals surface area (Å²) >= 11 is 6.01. The molecule has 4 N–H and O–H groups in total. The molecular weight excluding hydrogens is 274 g/mol. The van der Waals surface area contributed by atoms with Crippen LogP contribution in [-0.4, -0.2) is 22.0 Å². The molecule has 0 bridgehead atoms. The maximum Gasteiger partial charge on any atom is 0.129 e. The summed E-state index contributed by atoms with van der Waals surface area (Å²) < 4.78 is 0. The molecule has 20 heavy (non-hydrogen) atoms. The Morgan fingerprint density at radius 2 is 2.00 bits per heavy atom. The van der Waals surface area contributed by atoms with Crippen molar-refractivity contribution >= 4 is 28.1 Å². The van der Waals surface area contributed by atoms with Gasteiger partial charge in [-0.15, -0.1) is 0 Å². The molecule has 2 aromatic rings. The molecule has 0 amide bonds. The van der Waals surface area contributed by atoms with Crippen LogP contribution < -0.4 is 11.6 Å². The third kappa shape index (κ3) is 2.84. The lowest BCUT2D eigenvalue weighted by molar-refractivity contribution is 0.486. The van der Waals surface area contributed by atoms with E-state index in [0.717, 1.165) is 16.3 Å². The number of pyridine rings is 2. The van der Waals surface area contributed by atoms with Crippen LogP contribution in [0.25, 0.3) is 16.5 Å². The Labute approximate surface area is 123 Å². The summed E-state index contributed by atoms with van der Waals surface area (Å²) in [6.07, 6.45) is 5.14. The first-order chi connectivity index (χ1) is 9.40. The molecule has 2 heterocycles. The highest BCUT2D eigenvalue weighted by molar-refractivity contribution is 6.30. The molecule has 0 aliphatic heterocycles. The number of rotatable bonds is 3. The van der Waals surface area contributed by atoms with Gasteiger partial charge in [0, 0.05) is 31.0 Å². The highest BCUT2D eigenvalue weighted by Gasteiger charge is 2.13. The number of hydrogen-bond donors (Lipinski definition) is 2. The van der Waals surface area contributed by atoms with Crippen molar-refractivity contribution in [3.05, 3.63) is 41.1 Å². The summed E-state index contributed by atoms with van der Waals surface area (Å²) in [7, 11) is 1.70. The molecule has 5 nitrogen and oxygen atoms in total. The van der Waals surface area contributed by atoms with Crippen molar-refractivity contribution in [2.24, 2.45) is 11.6 Å². The van der Waals surface area contributed by atoms with E-state index in [1.165, 1.54) is 5.01 Å². The summed E-state index contributed by atoms with van der Waals surface area (Å²) in [5.41, 5.74) is 8.30. The lowest BCUT2D eigenvalue weighted by Crippen LogP contribution is -2.20. The molecule has 2 rings (SSSR count). The highest BCUT2D eigenvalue weighted by atomic mass is 35.5. The Bertz CT molecular complexity index is 664. The van der Waals surface area contributed by atoms with Gasteiger partial charge in [-0.05, 0) is 22.9 Å². The van der Waals surface area contributed by atoms with Crippen molar-refractivity contribution < 1.29 is 0 Å². The van der Waals surface area contributed by atoms with Crippen molar-refractivity contribution in [1.82, 2.24) is 15.0 Å². The van der Waals surface area contributed by atoms with E-state index in [-0.39, 0.29) is 0 Å². The third-order valence-corrected chi connectivity index (χ3v) is 3.21. The summed E-state index contributed by atoms with van der Waals surface area (Å²) in [6.45, 7) is 4.22. The maximum atomic E-state index is 6.04. The van der Waals surface area contributed by atoms with Gasteiger partial charge in [-0.25, -0.2) is 10.8 Å². The van der Waals surface area contributed by atoms with E-state index >= 15 is 0 Å². The minimum atomic E-state index is 0.333. The predicted octanol–water partition coefficient (Wildman–Crippen LogP) is 2.47. The van der Waals surface area contributed by atoms with Gasteiger partial charge < -0.3 is 10.7 Å². The Morgan fingerprint density at radius 3 is 2.60 bits per heavy atom. The summed E-state index contributed by atoms with van der Waals surface area (Å²) in [4.78, 5) is 8.58. The van der Waals surface area contributed by atoms with Crippen molar-refractivity contribution in [2.45, 2.75) is 19.8 Å². The van der Waals surface area contributed by atoms with E-state index in [9.17, 15) is 0 Å². The van der Waals surface area contributed by atoms with Crippen molar-refractivity contribution in [3.8, 4) is 0 Å². The van der Waals surface area contributed by atoms with E-state index in [0.29, 0.717) is 22.5 Å². The minimum absolute atomic E-state index is 0.333. The highest BCUT2D eigenvalue weighted by Crippen LogP contribution is 2.29. The zero-order valence-electron chi connectivity index (χ0n) is 11.8. The van der Waals surface area contributed by atoms with Crippen LogP contribution in [0.4, 0.5) is 0 Å². The normalized spacial score (nSPS) is 12.2. The Balaban J connectivity index is 2.74. The molecule has 0 aromatic carbocycles. The molecule has 0 atom stereocenters. The summed E-state index contributed by atoms with van der Waals surface area (Å²) in [6, 6.07) is 1.84. The second-order valence-corrected chi connectivity index (χ2v) is 5.41. The third-order valence-electron chi connectivity index (χ3n) is 3.01. The van der Waals surface area contributed by atoms with E-state index in [2.05, 4.69) is 23.8 Å². The average molecular weight is 292 g/mol. The van der Waals surface area contributed by atoms with Crippen LogP contribution in [0.2, 0.25) is 5.15 Å². The molecule has 0 spiro atoms. The predicted molar refractivity (Wildman–Crippen MR) is 82.8 cm³/mol. The van der Waals surface area contributed by atoms with Gasteiger partial charge in [0.2, 0.25) is 0 Å². The molecular formula is C14H18ClN5. The van der Waals surface area contributed by atoms with E-state index in [1.807, 2.05) is 12.3 Å². The zero-order valence-corrected chi connectivity index (χ0v) is 12.5. The lowest BCUT2D eigenvalue weighted by atomic mass is 9.98. The van der Waals surface area contributed by atoms with Gasteiger partial charge in [0.15, 0.2) is 0 Å². The fourth-order valence-corrected chi connectivity index (χ4v) is 2.26. The first-order valence-corrected chi connectivity index (χ1v) is 6.67. The minimum Gasteiger partial charge on any atom is -0.396 e.